The number of anilines is 1. The molecule has 0 atom stereocenters. The quantitative estimate of drug-likeness (QED) is 0.817. The van der Waals surface area contributed by atoms with E-state index < -0.39 is 0 Å². The molecule has 94 valence electrons. The van der Waals surface area contributed by atoms with E-state index in [0.29, 0.717) is 0 Å². The molecule has 0 radical (unpaired) electrons. The second-order valence-corrected chi connectivity index (χ2v) is 5.01. The van der Waals surface area contributed by atoms with Gasteiger partial charge in [-0.1, -0.05) is 12.1 Å². The third kappa shape index (κ3) is 1.78. The van der Waals surface area contributed by atoms with Gasteiger partial charge in [-0.15, -0.1) is 0 Å². The van der Waals surface area contributed by atoms with Gasteiger partial charge in [0.1, 0.15) is 0 Å². The Morgan fingerprint density at radius 2 is 2.17 bits per heavy atom. The fourth-order valence-corrected chi connectivity index (χ4v) is 2.57. The zero-order valence-corrected chi connectivity index (χ0v) is 10.8. The lowest BCUT2D eigenvalue weighted by molar-refractivity contribution is 0.275. The molecule has 2 heterocycles. The molecule has 1 aromatic heterocycles. The first kappa shape index (κ1) is 11.3. The van der Waals surface area contributed by atoms with E-state index in [1.165, 1.54) is 22.4 Å². The van der Waals surface area contributed by atoms with Crippen molar-refractivity contribution in [3.63, 3.8) is 0 Å². The Labute approximate surface area is 107 Å². The highest BCUT2D eigenvalue weighted by atomic mass is 15.3. The fourth-order valence-electron chi connectivity index (χ4n) is 2.57. The Bertz CT molecular complexity index is 585. The molecule has 0 spiro atoms. The Kier molecular flexibility index (Phi) is 2.59. The summed E-state index contributed by atoms with van der Waals surface area (Å²) in [6.07, 6.45) is 1.96. The molecule has 0 saturated carbocycles. The van der Waals surface area contributed by atoms with Crippen molar-refractivity contribution >= 4 is 5.69 Å². The van der Waals surface area contributed by atoms with E-state index in [-0.39, 0.29) is 0 Å². The predicted molar refractivity (Wildman–Crippen MR) is 71.8 cm³/mol. The molecule has 3 rings (SSSR count). The smallest absolute Gasteiger partial charge is 0.0537 e. The molecule has 0 aliphatic carbocycles. The molecule has 0 saturated heterocycles. The largest absolute Gasteiger partial charge is 0.398 e. The van der Waals surface area contributed by atoms with Crippen molar-refractivity contribution < 1.29 is 0 Å². The number of nitrogens with two attached hydrogens (primary N) is 1. The number of aromatic nitrogens is 2. The molecule has 1 aliphatic heterocycles. The average molecular weight is 242 g/mol. The van der Waals surface area contributed by atoms with Crippen molar-refractivity contribution in [3.8, 4) is 0 Å². The lowest BCUT2D eigenvalue weighted by Crippen LogP contribution is -2.16. The predicted octanol–water partition coefficient (Wildman–Crippen LogP) is 1.83. The Morgan fingerprint density at radius 3 is 2.83 bits per heavy atom. The summed E-state index contributed by atoms with van der Waals surface area (Å²) in [6.45, 7) is 4.97. The molecule has 18 heavy (non-hydrogen) atoms. The van der Waals surface area contributed by atoms with Gasteiger partial charge in [-0.25, -0.2) is 0 Å². The van der Waals surface area contributed by atoms with E-state index in [1.54, 1.807) is 0 Å². The lowest BCUT2D eigenvalue weighted by atomic mass is 10.1. The van der Waals surface area contributed by atoms with Crippen molar-refractivity contribution in [2.24, 2.45) is 7.05 Å². The molecule has 0 bridgehead atoms. The second kappa shape index (κ2) is 4.14. The van der Waals surface area contributed by atoms with E-state index in [2.05, 4.69) is 23.0 Å². The highest BCUT2D eigenvalue weighted by Crippen LogP contribution is 2.28. The van der Waals surface area contributed by atoms with E-state index in [9.17, 15) is 0 Å². The molecular weight excluding hydrogens is 224 g/mol. The van der Waals surface area contributed by atoms with Crippen LogP contribution in [0.5, 0.6) is 0 Å². The number of benzene rings is 1. The minimum Gasteiger partial charge on any atom is -0.398 e. The van der Waals surface area contributed by atoms with Gasteiger partial charge in [-0.05, 0) is 24.1 Å². The zero-order valence-electron chi connectivity index (χ0n) is 10.8. The molecule has 0 unspecified atom stereocenters. The number of aryl methyl sites for hydroxylation is 1. The van der Waals surface area contributed by atoms with Crippen LogP contribution in [0.3, 0.4) is 0 Å². The summed E-state index contributed by atoms with van der Waals surface area (Å²) in [4.78, 5) is 2.41. The molecule has 4 nitrogen and oxygen atoms in total. The monoisotopic (exact) mass is 242 g/mol. The standard InChI is InChI=1S/C14H18N4/c1-10-12(6-16-17(10)2)8-18-7-11-4-3-5-14(15)13(11)9-18/h3-6H,7-9,15H2,1-2H3. The van der Waals surface area contributed by atoms with E-state index in [0.717, 1.165) is 25.3 Å². The minimum absolute atomic E-state index is 0.915. The fraction of sp³-hybridized carbons (Fsp3) is 0.357. The maximum Gasteiger partial charge on any atom is 0.0537 e. The number of nitrogens with zero attached hydrogens (tertiary/aromatic N) is 3. The van der Waals surface area contributed by atoms with Gasteiger partial charge in [-0.2, -0.15) is 5.10 Å². The van der Waals surface area contributed by atoms with Crippen molar-refractivity contribution in [2.75, 3.05) is 5.73 Å². The molecule has 4 heteroatoms. The van der Waals surface area contributed by atoms with Crippen LogP contribution in [0, 0.1) is 6.92 Å². The van der Waals surface area contributed by atoms with Gasteiger partial charge < -0.3 is 5.73 Å². The highest BCUT2D eigenvalue weighted by Gasteiger charge is 2.21. The first-order chi connectivity index (χ1) is 8.65. The van der Waals surface area contributed by atoms with E-state index >= 15 is 0 Å². The van der Waals surface area contributed by atoms with Crippen molar-refractivity contribution in [1.82, 2.24) is 14.7 Å². The Morgan fingerprint density at radius 1 is 1.33 bits per heavy atom. The Hall–Kier alpha value is -1.81. The topological polar surface area (TPSA) is 47.1 Å². The van der Waals surface area contributed by atoms with Crippen molar-refractivity contribution in [2.45, 2.75) is 26.6 Å². The van der Waals surface area contributed by atoms with Crippen LogP contribution in [-0.2, 0) is 26.7 Å². The zero-order chi connectivity index (χ0) is 12.7. The van der Waals surface area contributed by atoms with Crippen molar-refractivity contribution in [1.29, 1.82) is 0 Å². The summed E-state index contributed by atoms with van der Waals surface area (Å²) >= 11 is 0. The number of fused-ring (bicyclic) bond motifs is 1. The maximum atomic E-state index is 6.02. The number of hydrogen-bond donors (Lipinski definition) is 1. The van der Waals surface area contributed by atoms with Gasteiger partial charge in [0, 0.05) is 43.6 Å². The SMILES string of the molecule is Cc1c(CN2Cc3cccc(N)c3C2)cnn1C. The number of nitrogen functional groups attached to an aromatic ring is 1. The average Bonchev–Trinajstić information content (AvgIpc) is 2.89. The summed E-state index contributed by atoms with van der Waals surface area (Å²) in [5.41, 5.74) is 12.1. The molecule has 0 amide bonds. The van der Waals surface area contributed by atoms with Crippen LogP contribution in [0.15, 0.2) is 24.4 Å². The molecular formula is C14H18N4. The van der Waals surface area contributed by atoms with Crippen LogP contribution < -0.4 is 5.73 Å². The van der Waals surface area contributed by atoms with E-state index in [4.69, 9.17) is 5.73 Å². The van der Waals surface area contributed by atoms with Gasteiger partial charge in [0.25, 0.3) is 0 Å². The third-order valence-corrected chi connectivity index (χ3v) is 3.82. The summed E-state index contributed by atoms with van der Waals surface area (Å²) in [5.74, 6) is 0. The highest BCUT2D eigenvalue weighted by molar-refractivity contribution is 5.52. The summed E-state index contributed by atoms with van der Waals surface area (Å²) < 4.78 is 1.92. The van der Waals surface area contributed by atoms with Crippen LogP contribution in [0.4, 0.5) is 5.69 Å². The molecule has 2 aromatic rings. The minimum atomic E-state index is 0.915. The van der Waals surface area contributed by atoms with Crippen LogP contribution in [0.1, 0.15) is 22.4 Å². The van der Waals surface area contributed by atoms with Crippen LogP contribution in [0.2, 0.25) is 0 Å². The first-order valence-corrected chi connectivity index (χ1v) is 6.21. The summed E-state index contributed by atoms with van der Waals surface area (Å²) in [7, 11) is 1.98. The number of rotatable bonds is 2. The van der Waals surface area contributed by atoms with Crippen molar-refractivity contribution in [3.05, 3.63) is 46.8 Å². The van der Waals surface area contributed by atoms with Gasteiger partial charge in [0.2, 0.25) is 0 Å². The summed E-state index contributed by atoms with van der Waals surface area (Å²) in [6, 6.07) is 6.19. The Balaban J connectivity index is 1.79. The first-order valence-electron chi connectivity index (χ1n) is 6.21. The second-order valence-electron chi connectivity index (χ2n) is 5.01. The molecule has 1 aromatic carbocycles. The maximum absolute atomic E-state index is 6.02. The van der Waals surface area contributed by atoms with Gasteiger partial charge in [0.05, 0.1) is 6.20 Å². The van der Waals surface area contributed by atoms with Gasteiger partial charge in [-0.3, -0.25) is 9.58 Å². The lowest BCUT2D eigenvalue weighted by Gasteiger charge is -2.14. The van der Waals surface area contributed by atoms with Gasteiger partial charge >= 0.3 is 0 Å². The van der Waals surface area contributed by atoms with E-state index in [1.807, 2.05) is 30.1 Å². The molecule has 1 aliphatic rings. The summed E-state index contributed by atoms with van der Waals surface area (Å²) in [5, 5.41) is 4.29. The normalized spacial score (nSPS) is 15.0. The van der Waals surface area contributed by atoms with Gasteiger partial charge in [0.15, 0.2) is 0 Å². The third-order valence-electron chi connectivity index (χ3n) is 3.82. The number of hydrogen-bond acceptors (Lipinski definition) is 3. The van der Waals surface area contributed by atoms with Crippen LogP contribution in [0.25, 0.3) is 0 Å². The molecule has 0 fully saturated rings. The molecule has 2 N–H and O–H groups in total. The van der Waals surface area contributed by atoms with Crippen LogP contribution in [-0.4, -0.2) is 14.7 Å². The van der Waals surface area contributed by atoms with Crippen LogP contribution >= 0.6 is 0 Å².